The van der Waals surface area contributed by atoms with Crippen LogP contribution in [0.15, 0.2) is 36.5 Å². The molecule has 0 bridgehead atoms. The number of hydrogen-bond acceptors (Lipinski definition) is 1. The number of hydrogen-bond donors (Lipinski definition) is 0. The highest BCUT2D eigenvalue weighted by molar-refractivity contribution is 5.64. The van der Waals surface area contributed by atoms with E-state index >= 15 is 0 Å². The van der Waals surface area contributed by atoms with Crippen LogP contribution in [0.2, 0.25) is 0 Å². The molecular weight excluding hydrogens is 232 g/mol. The van der Waals surface area contributed by atoms with E-state index in [4.69, 9.17) is 0 Å². The molecule has 0 radical (unpaired) electrons. The number of carbonyl (C=O) groups is 1. The third kappa shape index (κ3) is 16.9. The second-order valence-electron chi connectivity index (χ2n) is 4.85. The Morgan fingerprint density at radius 3 is 1.89 bits per heavy atom. The summed E-state index contributed by atoms with van der Waals surface area (Å²) in [6.07, 6.45) is 25.8. The van der Waals surface area contributed by atoms with E-state index in [0.29, 0.717) is 0 Å². The summed E-state index contributed by atoms with van der Waals surface area (Å²) in [5.74, 6) is 0. The fourth-order valence-electron chi connectivity index (χ4n) is 1.94. The fourth-order valence-corrected chi connectivity index (χ4v) is 1.94. The zero-order valence-electron chi connectivity index (χ0n) is 12.5. The van der Waals surface area contributed by atoms with E-state index in [9.17, 15) is 4.79 Å². The monoisotopic (exact) mass is 262 g/mol. The Hall–Kier alpha value is -1.11. The predicted octanol–water partition coefficient (Wildman–Crippen LogP) is 5.77. The molecule has 0 rings (SSSR count). The summed E-state index contributed by atoms with van der Waals surface area (Å²) in [7, 11) is 0. The molecule has 0 aliphatic heterocycles. The molecule has 0 aromatic carbocycles. The van der Waals surface area contributed by atoms with Crippen molar-refractivity contribution < 1.29 is 4.79 Å². The van der Waals surface area contributed by atoms with Gasteiger partial charge in [0.05, 0.1) is 0 Å². The summed E-state index contributed by atoms with van der Waals surface area (Å²) in [6.45, 7) is 2.17. The normalized spacial score (nSPS) is 12.1. The van der Waals surface area contributed by atoms with Gasteiger partial charge in [-0.15, -0.1) is 0 Å². The first kappa shape index (κ1) is 17.9. The molecule has 0 N–H and O–H groups in total. The highest BCUT2D eigenvalue weighted by atomic mass is 16.1. The van der Waals surface area contributed by atoms with Crippen molar-refractivity contribution in [2.24, 2.45) is 0 Å². The number of unbranched alkanes of at least 4 members (excludes halogenated alkanes) is 7. The molecule has 0 aliphatic rings. The van der Waals surface area contributed by atoms with Gasteiger partial charge in [0.25, 0.3) is 0 Å². The molecular formula is C18H30O. The standard InChI is InChI=1S/C18H30O/c1-2-3-4-5-6-7-8-9-10-11-12-13-14-15-16-17-18-19/h3-4,6-7,16-18H,2,5,8-15H2,1H3. The van der Waals surface area contributed by atoms with Crippen molar-refractivity contribution in [2.75, 3.05) is 0 Å². The molecule has 0 heterocycles. The summed E-state index contributed by atoms with van der Waals surface area (Å²) < 4.78 is 0. The van der Waals surface area contributed by atoms with E-state index < -0.39 is 0 Å². The Balaban J connectivity index is 3.12. The van der Waals surface area contributed by atoms with Crippen molar-refractivity contribution in [1.82, 2.24) is 0 Å². The third-order valence-electron chi connectivity index (χ3n) is 3.05. The molecule has 1 nitrogen and oxygen atoms in total. The van der Waals surface area contributed by atoms with Gasteiger partial charge in [0.2, 0.25) is 0 Å². The zero-order chi connectivity index (χ0) is 14.0. The molecule has 0 amide bonds. The Morgan fingerprint density at radius 1 is 0.684 bits per heavy atom. The van der Waals surface area contributed by atoms with Crippen LogP contribution in [0.5, 0.6) is 0 Å². The number of aldehydes is 1. The van der Waals surface area contributed by atoms with Gasteiger partial charge in [-0.3, -0.25) is 4.79 Å². The third-order valence-corrected chi connectivity index (χ3v) is 3.05. The SMILES string of the molecule is CCC=CCC=CCCCCCCCCC=CC=O. The molecule has 0 aromatic rings. The lowest BCUT2D eigenvalue weighted by Gasteiger charge is -1.99. The Bertz CT molecular complexity index is 261. The molecule has 0 atom stereocenters. The first-order valence-electron chi connectivity index (χ1n) is 7.82. The minimum absolute atomic E-state index is 0.853. The maximum absolute atomic E-state index is 10.0. The lowest BCUT2D eigenvalue weighted by atomic mass is 10.1. The number of allylic oxidation sites excluding steroid dienone is 6. The molecule has 0 spiro atoms. The largest absolute Gasteiger partial charge is 0.299 e. The van der Waals surface area contributed by atoms with Crippen LogP contribution in [0, 0.1) is 0 Å². The van der Waals surface area contributed by atoms with Gasteiger partial charge in [0.15, 0.2) is 0 Å². The molecule has 0 unspecified atom stereocenters. The molecule has 0 saturated carbocycles. The van der Waals surface area contributed by atoms with Crippen molar-refractivity contribution in [3.05, 3.63) is 36.5 Å². The quantitative estimate of drug-likeness (QED) is 0.178. The van der Waals surface area contributed by atoms with Crippen molar-refractivity contribution in [3.8, 4) is 0 Å². The average molecular weight is 262 g/mol. The lowest BCUT2D eigenvalue weighted by molar-refractivity contribution is -0.104. The van der Waals surface area contributed by atoms with Gasteiger partial charge < -0.3 is 0 Å². The summed E-state index contributed by atoms with van der Waals surface area (Å²) in [5, 5.41) is 0. The van der Waals surface area contributed by atoms with Crippen molar-refractivity contribution in [3.63, 3.8) is 0 Å². The second-order valence-corrected chi connectivity index (χ2v) is 4.85. The molecule has 1 heteroatoms. The van der Waals surface area contributed by atoms with Crippen molar-refractivity contribution >= 4 is 6.29 Å². The topological polar surface area (TPSA) is 17.1 Å². The fraction of sp³-hybridized carbons (Fsp3) is 0.611. The summed E-state index contributed by atoms with van der Waals surface area (Å²) >= 11 is 0. The maximum Gasteiger partial charge on any atom is 0.142 e. The minimum Gasteiger partial charge on any atom is -0.299 e. The van der Waals surface area contributed by atoms with Gasteiger partial charge in [-0.05, 0) is 44.6 Å². The Labute approximate surface area is 119 Å². The Kier molecular flexibility index (Phi) is 15.9. The van der Waals surface area contributed by atoms with Gasteiger partial charge in [0, 0.05) is 0 Å². The Morgan fingerprint density at radius 2 is 1.26 bits per heavy atom. The maximum atomic E-state index is 10.0. The van der Waals surface area contributed by atoms with E-state index in [2.05, 4.69) is 31.2 Å². The molecule has 0 aromatic heterocycles. The zero-order valence-corrected chi connectivity index (χ0v) is 12.5. The molecule has 0 saturated heterocycles. The van der Waals surface area contributed by atoms with Gasteiger partial charge in [-0.25, -0.2) is 0 Å². The first-order chi connectivity index (χ1) is 9.41. The lowest BCUT2D eigenvalue weighted by Crippen LogP contribution is -1.79. The molecule has 108 valence electrons. The van der Waals surface area contributed by atoms with Crippen LogP contribution in [0.4, 0.5) is 0 Å². The smallest absolute Gasteiger partial charge is 0.142 e. The molecule has 19 heavy (non-hydrogen) atoms. The van der Waals surface area contributed by atoms with E-state index in [1.165, 1.54) is 44.9 Å². The second kappa shape index (κ2) is 16.9. The summed E-state index contributed by atoms with van der Waals surface area (Å²) in [6, 6.07) is 0. The minimum atomic E-state index is 0.853. The van der Waals surface area contributed by atoms with Crippen LogP contribution in [0.3, 0.4) is 0 Å². The number of carbonyl (C=O) groups excluding carboxylic acids is 1. The van der Waals surface area contributed by atoms with E-state index in [1.807, 2.05) is 6.08 Å². The van der Waals surface area contributed by atoms with E-state index in [-0.39, 0.29) is 0 Å². The summed E-state index contributed by atoms with van der Waals surface area (Å²) in [5.41, 5.74) is 0. The van der Waals surface area contributed by atoms with Crippen LogP contribution in [-0.2, 0) is 4.79 Å². The van der Waals surface area contributed by atoms with Gasteiger partial charge in [-0.1, -0.05) is 63.0 Å². The van der Waals surface area contributed by atoms with Crippen molar-refractivity contribution in [2.45, 2.75) is 71.1 Å². The highest BCUT2D eigenvalue weighted by Crippen LogP contribution is 2.09. The van der Waals surface area contributed by atoms with Crippen LogP contribution < -0.4 is 0 Å². The molecule has 0 fully saturated rings. The summed E-state index contributed by atoms with van der Waals surface area (Å²) in [4.78, 5) is 10.0. The number of rotatable bonds is 13. The first-order valence-corrected chi connectivity index (χ1v) is 7.82. The van der Waals surface area contributed by atoms with E-state index in [1.54, 1.807) is 6.08 Å². The van der Waals surface area contributed by atoms with E-state index in [0.717, 1.165) is 25.5 Å². The average Bonchev–Trinajstić information content (AvgIpc) is 2.43. The van der Waals surface area contributed by atoms with Crippen molar-refractivity contribution in [1.29, 1.82) is 0 Å². The van der Waals surface area contributed by atoms with Crippen LogP contribution >= 0.6 is 0 Å². The predicted molar refractivity (Wildman–Crippen MR) is 85.3 cm³/mol. The van der Waals surface area contributed by atoms with Gasteiger partial charge >= 0.3 is 0 Å². The van der Waals surface area contributed by atoms with Crippen LogP contribution in [-0.4, -0.2) is 6.29 Å². The van der Waals surface area contributed by atoms with Gasteiger partial charge in [0.1, 0.15) is 6.29 Å². The van der Waals surface area contributed by atoms with Crippen LogP contribution in [0.25, 0.3) is 0 Å². The molecule has 0 aliphatic carbocycles. The van der Waals surface area contributed by atoms with Gasteiger partial charge in [-0.2, -0.15) is 0 Å². The highest BCUT2D eigenvalue weighted by Gasteiger charge is 1.89. The van der Waals surface area contributed by atoms with Crippen LogP contribution in [0.1, 0.15) is 71.1 Å².